The molecule has 1 nitrogen and oxygen atoms in total. The van der Waals surface area contributed by atoms with Crippen LogP contribution in [0.4, 0.5) is 13.2 Å². The van der Waals surface area contributed by atoms with E-state index in [4.69, 9.17) is 0 Å². The average molecular weight is 222 g/mol. The Bertz CT molecular complexity index is 257. The molecule has 15 heavy (non-hydrogen) atoms. The van der Waals surface area contributed by atoms with Crippen LogP contribution in [-0.2, 0) is 0 Å². The van der Waals surface area contributed by atoms with Gasteiger partial charge in [-0.15, -0.1) is 0 Å². The molecule has 4 heteroatoms. The third kappa shape index (κ3) is 1.57. The number of aliphatic hydroxyl groups is 1. The van der Waals surface area contributed by atoms with Crippen molar-refractivity contribution in [2.24, 2.45) is 23.7 Å². The molecule has 2 aliphatic carbocycles. The first-order valence-corrected chi connectivity index (χ1v) is 5.52. The summed E-state index contributed by atoms with van der Waals surface area (Å²) in [5, 5.41) is 9.63. The van der Waals surface area contributed by atoms with Gasteiger partial charge < -0.3 is 5.11 Å². The van der Waals surface area contributed by atoms with Gasteiger partial charge in [-0.1, -0.05) is 6.92 Å². The molecule has 0 aliphatic heterocycles. The average Bonchev–Trinajstić information content (AvgIpc) is 2.59. The van der Waals surface area contributed by atoms with Gasteiger partial charge in [-0.3, -0.25) is 0 Å². The lowest BCUT2D eigenvalue weighted by atomic mass is 9.74. The Morgan fingerprint density at radius 3 is 2.00 bits per heavy atom. The minimum Gasteiger partial charge on any atom is -0.380 e. The van der Waals surface area contributed by atoms with Gasteiger partial charge in [0.2, 0.25) is 0 Å². The quantitative estimate of drug-likeness (QED) is 0.723. The highest BCUT2D eigenvalue weighted by molar-refractivity contribution is 5.02. The summed E-state index contributed by atoms with van der Waals surface area (Å²) >= 11 is 0. The van der Waals surface area contributed by atoms with Gasteiger partial charge in [0.15, 0.2) is 5.60 Å². The Balaban J connectivity index is 2.15. The van der Waals surface area contributed by atoms with Crippen molar-refractivity contribution in [1.29, 1.82) is 0 Å². The summed E-state index contributed by atoms with van der Waals surface area (Å²) in [6.07, 6.45) is -2.23. The molecule has 0 radical (unpaired) electrons. The van der Waals surface area contributed by atoms with Gasteiger partial charge in [0.05, 0.1) is 0 Å². The van der Waals surface area contributed by atoms with Crippen molar-refractivity contribution < 1.29 is 18.3 Å². The highest BCUT2D eigenvalue weighted by atomic mass is 19.4. The molecule has 2 rings (SSSR count). The molecule has 5 atom stereocenters. The molecule has 0 saturated heterocycles. The van der Waals surface area contributed by atoms with E-state index in [0.717, 1.165) is 19.8 Å². The number of hydrogen-bond acceptors (Lipinski definition) is 1. The number of halogens is 3. The van der Waals surface area contributed by atoms with Crippen LogP contribution in [-0.4, -0.2) is 16.9 Å². The van der Waals surface area contributed by atoms with Gasteiger partial charge in [0.25, 0.3) is 0 Å². The lowest BCUT2D eigenvalue weighted by Crippen LogP contribution is -2.50. The van der Waals surface area contributed by atoms with Crippen LogP contribution in [0.2, 0.25) is 0 Å². The normalized spacial score (nSPS) is 44.4. The third-order valence-electron chi connectivity index (χ3n) is 4.51. The Morgan fingerprint density at radius 1 is 1.07 bits per heavy atom. The molecule has 0 heterocycles. The molecule has 1 N–H and O–H groups in total. The van der Waals surface area contributed by atoms with Crippen molar-refractivity contribution in [3.8, 4) is 0 Å². The van der Waals surface area contributed by atoms with Crippen LogP contribution in [0.3, 0.4) is 0 Å². The highest BCUT2D eigenvalue weighted by Crippen LogP contribution is 2.57. The molecule has 2 aliphatic rings. The zero-order valence-corrected chi connectivity index (χ0v) is 9.01. The Kier molecular flexibility index (Phi) is 2.34. The van der Waals surface area contributed by atoms with Crippen LogP contribution in [0.15, 0.2) is 0 Å². The molecule has 4 unspecified atom stereocenters. The van der Waals surface area contributed by atoms with Gasteiger partial charge in [-0.2, -0.15) is 13.2 Å². The third-order valence-corrected chi connectivity index (χ3v) is 4.51. The second kappa shape index (κ2) is 3.12. The van der Waals surface area contributed by atoms with Crippen molar-refractivity contribution in [3.05, 3.63) is 0 Å². The summed E-state index contributed by atoms with van der Waals surface area (Å²) in [7, 11) is 0. The topological polar surface area (TPSA) is 20.2 Å². The maximum atomic E-state index is 12.7. The van der Waals surface area contributed by atoms with E-state index in [1.54, 1.807) is 0 Å². The van der Waals surface area contributed by atoms with Crippen molar-refractivity contribution in [1.82, 2.24) is 0 Å². The van der Waals surface area contributed by atoms with Gasteiger partial charge in [0, 0.05) is 0 Å². The molecule has 2 bridgehead atoms. The summed E-state index contributed by atoms with van der Waals surface area (Å²) < 4.78 is 38.0. The largest absolute Gasteiger partial charge is 0.417 e. The molecular formula is C11H17F3O. The molecule has 0 aromatic heterocycles. The van der Waals surface area contributed by atoms with Crippen LogP contribution in [0.1, 0.15) is 33.1 Å². The molecular weight excluding hydrogens is 205 g/mol. The van der Waals surface area contributed by atoms with Gasteiger partial charge in [-0.25, -0.2) is 0 Å². The van der Waals surface area contributed by atoms with E-state index < -0.39 is 17.7 Å². The fourth-order valence-corrected chi connectivity index (χ4v) is 3.46. The van der Waals surface area contributed by atoms with Crippen molar-refractivity contribution in [2.75, 3.05) is 0 Å². The number of alkyl halides is 3. The smallest absolute Gasteiger partial charge is 0.380 e. The first-order valence-electron chi connectivity index (χ1n) is 5.52. The molecule has 2 saturated carbocycles. The SMILES string of the molecule is C[C@@H]1CC2CC1CC2C(C)(O)C(F)(F)F. The second-order valence-electron chi connectivity index (χ2n) is 5.46. The van der Waals surface area contributed by atoms with Crippen LogP contribution in [0.25, 0.3) is 0 Å². The van der Waals surface area contributed by atoms with E-state index in [9.17, 15) is 18.3 Å². The van der Waals surface area contributed by atoms with Crippen molar-refractivity contribution in [3.63, 3.8) is 0 Å². The van der Waals surface area contributed by atoms with Crippen LogP contribution < -0.4 is 0 Å². The van der Waals surface area contributed by atoms with Crippen LogP contribution >= 0.6 is 0 Å². The second-order valence-corrected chi connectivity index (χ2v) is 5.46. The zero-order valence-electron chi connectivity index (χ0n) is 9.01. The fourth-order valence-electron chi connectivity index (χ4n) is 3.46. The predicted octanol–water partition coefficient (Wildman–Crippen LogP) is 2.98. The predicted molar refractivity (Wildman–Crippen MR) is 50.2 cm³/mol. The molecule has 0 amide bonds. The van der Waals surface area contributed by atoms with Gasteiger partial charge in [-0.05, 0) is 49.9 Å². The van der Waals surface area contributed by atoms with Crippen LogP contribution in [0.5, 0.6) is 0 Å². The summed E-state index contributed by atoms with van der Waals surface area (Å²) in [6, 6.07) is 0. The maximum Gasteiger partial charge on any atom is 0.417 e. The summed E-state index contributed by atoms with van der Waals surface area (Å²) in [5.74, 6) is 0.421. The highest BCUT2D eigenvalue weighted by Gasteiger charge is 2.61. The molecule has 88 valence electrons. The van der Waals surface area contributed by atoms with E-state index in [1.165, 1.54) is 0 Å². The van der Waals surface area contributed by atoms with E-state index in [0.29, 0.717) is 18.3 Å². The standard InChI is InChI=1S/C11H17F3O/c1-6-3-8-4-7(6)5-9(8)10(2,15)11(12,13)14/h6-9,15H,3-5H2,1-2H3/t6-,7?,8?,9?,10?/m1/s1. The Morgan fingerprint density at radius 2 is 1.67 bits per heavy atom. The number of hydrogen-bond donors (Lipinski definition) is 1. The zero-order chi connectivity index (χ0) is 11.4. The monoisotopic (exact) mass is 222 g/mol. The summed E-state index contributed by atoms with van der Waals surface area (Å²) in [5.41, 5.74) is -2.49. The van der Waals surface area contributed by atoms with Crippen LogP contribution in [0, 0.1) is 23.7 Å². The fraction of sp³-hybridized carbons (Fsp3) is 1.00. The molecule has 0 spiro atoms. The van der Waals surface area contributed by atoms with E-state index >= 15 is 0 Å². The van der Waals surface area contributed by atoms with Gasteiger partial charge >= 0.3 is 6.18 Å². The first-order chi connectivity index (χ1) is 6.73. The summed E-state index contributed by atoms with van der Waals surface area (Å²) in [6.45, 7) is 3.03. The Hall–Kier alpha value is -0.250. The lowest BCUT2D eigenvalue weighted by Gasteiger charge is -2.38. The minimum atomic E-state index is -4.49. The van der Waals surface area contributed by atoms with E-state index in [-0.39, 0.29) is 5.92 Å². The number of rotatable bonds is 1. The summed E-state index contributed by atoms with van der Waals surface area (Å²) in [4.78, 5) is 0. The molecule has 0 aromatic carbocycles. The van der Waals surface area contributed by atoms with Crippen molar-refractivity contribution in [2.45, 2.75) is 44.9 Å². The minimum absolute atomic E-state index is 0.0709. The van der Waals surface area contributed by atoms with E-state index in [1.807, 2.05) is 0 Å². The number of fused-ring (bicyclic) bond motifs is 2. The molecule has 2 fully saturated rings. The lowest BCUT2D eigenvalue weighted by molar-refractivity contribution is -0.277. The van der Waals surface area contributed by atoms with E-state index in [2.05, 4.69) is 6.92 Å². The van der Waals surface area contributed by atoms with Crippen molar-refractivity contribution >= 4 is 0 Å². The Labute approximate surface area is 87.7 Å². The molecule has 0 aromatic rings. The maximum absolute atomic E-state index is 12.7. The van der Waals surface area contributed by atoms with Gasteiger partial charge in [0.1, 0.15) is 0 Å². The first kappa shape index (κ1) is 11.2.